The van der Waals surface area contributed by atoms with E-state index in [1.165, 1.54) is 12.7 Å². The van der Waals surface area contributed by atoms with E-state index < -0.39 is 0 Å². The molecule has 2 amide bonds. The van der Waals surface area contributed by atoms with Crippen LogP contribution >= 0.6 is 0 Å². The third kappa shape index (κ3) is 5.30. The fourth-order valence-electron chi connectivity index (χ4n) is 3.74. The van der Waals surface area contributed by atoms with Crippen molar-refractivity contribution in [1.82, 2.24) is 14.5 Å². The Morgan fingerprint density at radius 2 is 1.97 bits per heavy atom. The second kappa shape index (κ2) is 10.1. The predicted molar refractivity (Wildman–Crippen MR) is 125 cm³/mol. The smallest absolute Gasteiger partial charge is 0.254 e. The molecule has 0 aliphatic heterocycles. The van der Waals surface area contributed by atoms with Gasteiger partial charge in [0.05, 0.1) is 35.9 Å². The van der Waals surface area contributed by atoms with Crippen LogP contribution in [0, 0.1) is 0 Å². The summed E-state index contributed by atoms with van der Waals surface area (Å²) in [5.74, 6) is 0.184. The Bertz CT molecular complexity index is 1230. The molecule has 2 aromatic heterocycles. The molecule has 170 valence electrons. The summed E-state index contributed by atoms with van der Waals surface area (Å²) in [6.07, 6.45) is 4.12. The van der Waals surface area contributed by atoms with Crippen molar-refractivity contribution in [2.75, 3.05) is 26.1 Å². The van der Waals surface area contributed by atoms with Crippen LogP contribution in [0.2, 0.25) is 0 Å². The van der Waals surface area contributed by atoms with Gasteiger partial charge in [-0.1, -0.05) is 30.3 Å². The number of benzene rings is 2. The molecular weight excluding hydrogens is 420 g/mol. The SMILES string of the molecule is COCC(=O)Nc1cc(C(=O)N(C)Cc2ccco2)cc2ncn(CCc3ccccc3)c12. The van der Waals surface area contributed by atoms with Gasteiger partial charge in [-0.3, -0.25) is 9.59 Å². The Kier molecular flexibility index (Phi) is 6.85. The Balaban J connectivity index is 1.65. The Morgan fingerprint density at radius 1 is 1.15 bits per heavy atom. The number of amides is 2. The number of hydrogen-bond acceptors (Lipinski definition) is 5. The summed E-state index contributed by atoms with van der Waals surface area (Å²) in [5, 5.41) is 2.88. The zero-order chi connectivity index (χ0) is 23.2. The summed E-state index contributed by atoms with van der Waals surface area (Å²) in [4.78, 5) is 31.5. The lowest BCUT2D eigenvalue weighted by Gasteiger charge is -2.17. The van der Waals surface area contributed by atoms with Gasteiger partial charge in [-0.25, -0.2) is 4.98 Å². The van der Waals surface area contributed by atoms with Crippen LogP contribution < -0.4 is 5.32 Å². The van der Waals surface area contributed by atoms with Gasteiger partial charge in [0.15, 0.2) is 0 Å². The number of imidazole rings is 1. The fourth-order valence-corrected chi connectivity index (χ4v) is 3.74. The number of anilines is 1. The number of furan rings is 1. The van der Waals surface area contributed by atoms with Crippen LogP contribution in [0.4, 0.5) is 5.69 Å². The number of nitrogens with zero attached hydrogens (tertiary/aromatic N) is 3. The van der Waals surface area contributed by atoms with Crippen molar-refractivity contribution in [3.05, 3.63) is 84.1 Å². The van der Waals surface area contributed by atoms with E-state index in [-0.39, 0.29) is 18.4 Å². The minimum absolute atomic E-state index is 0.0871. The van der Waals surface area contributed by atoms with Gasteiger partial charge in [0.1, 0.15) is 12.4 Å². The monoisotopic (exact) mass is 446 g/mol. The summed E-state index contributed by atoms with van der Waals surface area (Å²) in [6.45, 7) is 0.927. The van der Waals surface area contributed by atoms with Gasteiger partial charge >= 0.3 is 0 Å². The van der Waals surface area contributed by atoms with Crippen LogP contribution in [0.1, 0.15) is 21.7 Å². The molecule has 0 saturated carbocycles. The molecule has 1 N–H and O–H groups in total. The second-order valence-corrected chi connectivity index (χ2v) is 7.79. The highest BCUT2D eigenvalue weighted by molar-refractivity contribution is 6.05. The highest BCUT2D eigenvalue weighted by atomic mass is 16.5. The molecule has 0 aliphatic carbocycles. The zero-order valence-corrected chi connectivity index (χ0v) is 18.7. The highest BCUT2D eigenvalue weighted by Crippen LogP contribution is 2.27. The molecule has 2 heterocycles. The Morgan fingerprint density at radius 3 is 2.70 bits per heavy atom. The van der Waals surface area contributed by atoms with E-state index in [9.17, 15) is 9.59 Å². The number of rotatable bonds is 9. The predicted octanol–water partition coefficient (Wildman–Crippen LogP) is 3.73. The molecule has 0 aliphatic rings. The molecule has 8 nitrogen and oxygen atoms in total. The number of carbonyl (C=O) groups is 2. The molecule has 4 rings (SSSR count). The van der Waals surface area contributed by atoms with Crippen molar-refractivity contribution in [1.29, 1.82) is 0 Å². The van der Waals surface area contributed by atoms with Crippen LogP contribution in [-0.2, 0) is 29.0 Å². The molecule has 0 spiro atoms. The first kappa shape index (κ1) is 22.3. The third-order valence-corrected chi connectivity index (χ3v) is 5.31. The van der Waals surface area contributed by atoms with Crippen LogP contribution in [-0.4, -0.2) is 47.0 Å². The standard InChI is InChI=1S/C25H26N4O4/c1-28(15-20-9-6-12-33-20)25(31)19-13-21-24(22(14-19)27-23(30)16-32-2)29(17-26-21)11-10-18-7-4-3-5-8-18/h3-9,12-14,17H,10-11,15-16H2,1-2H3,(H,27,30). The maximum atomic E-state index is 13.1. The fraction of sp³-hybridized carbons (Fsp3) is 0.240. The first-order chi connectivity index (χ1) is 16.0. The van der Waals surface area contributed by atoms with Gasteiger partial charge in [0.25, 0.3) is 5.91 Å². The molecule has 0 fully saturated rings. The number of methoxy groups -OCH3 is 1. The molecule has 33 heavy (non-hydrogen) atoms. The topological polar surface area (TPSA) is 89.6 Å². The number of aryl methyl sites for hydroxylation is 2. The third-order valence-electron chi connectivity index (χ3n) is 5.31. The number of ether oxygens (including phenoxy) is 1. The van der Waals surface area contributed by atoms with Gasteiger partial charge in [0, 0.05) is 26.3 Å². The number of aromatic nitrogens is 2. The Labute approximate surface area is 191 Å². The van der Waals surface area contributed by atoms with E-state index in [0.717, 1.165) is 11.9 Å². The first-order valence-corrected chi connectivity index (χ1v) is 10.6. The number of nitrogens with one attached hydrogen (secondary N) is 1. The lowest BCUT2D eigenvalue weighted by atomic mass is 10.1. The number of carbonyl (C=O) groups excluding carboxylic acids is 2. The molecule has 0 unspecified atom stereocenters. The number of hydrogen-bond donors (Lipinski definition) is 1. The minimum atomic E-state index is -0.303. The van der Waals surface area contributed by atoms with Gasteiger partial charge in [0.2, 0.25) is 5.91 Å². The molecule has 0 bridgehead atoms. The van der Waals surface area contributed by atoms with E-state index in [2.05, 4.69) is 22.4 Å². The van der Waals surface area contributed by atoms with Crippen LogP contribution in [0.5, 0.6) is 0 Å². The van der Waals surface area contributed by atoms with Crippen LogP contribution in [0.25, 0.3) is 11.0 Å². The average molecular weight is 447 g/mol. The lowest BCUT2D eigenvalue weighted by Crippen LogP contribution is -2.26. The van der Waals surface area contributed by atoms with E-state index in [4.69, 9.17) is 9.15 Å². The van der Waals surface area contributed by atoms with Crippen LogP contribution in [0.15, 0.2) is 71.6 Å². The normalized spacial score (nSPS) is 11.0. The minimum Gasteiger partial charge on any atom is -0.467 e. The molecule has 4 aromatic rings. The van der Waals surface area contributed by atoms with Crippen molar-refractivity contribution in [2.24, 2.45) is 0 Å². The van der Waals surface area contributed by atoms with Crippen molar-refractivity contribution in [3.8, 4) is 0 Å². The average Bonchev–Trinajstić information content (AvgIpc) is 3.48. The van der Waals surface area contributed by atoms with Crippen molar-refractivity contribution in [3.63, 3.8) is 0 Å². The summed E-state index contributed by atoms with van der Waals surface area (Å²) >= 11 is 0. The first-order valence-electron chi connectivity index (χ1n) is 10.6. The molecule has 0 saturated heterocycles. The lowest BCUT2D eigenvalue weighted by molar-refractivity contribution is -0.119. The molecule has 8 heteroatoms. The van der Waals surface area contributed by atoms with E-state index in [1.54, 1.807) is 42.7 Å². The van der Waals surface area contributed by atoms with Gasteiger partial charge < -0.3 is 23.9 Å². The molecule has 0 atom stereocenters. The summed E-state index contributed by atoms with van der Waals surface area (Å²) in [5.41, 5.74) is 3.55. The quantitative estimate of drug-likeness (QED) is 0.423. The number of fused-ring (bicyclic) bond motifs is 1. The van der Waals surface area contributed by atoms with Crippen molar-refractivity contribution >= 4 is 28.5 Å². The van der Waals surface area contributed by atoms with Crippen molar-refractivity contribution in [2.45, 2.75) is 19.5 Å². The van der Waals surface area contributed by atoms with E-state index >= 15 is 0 Å². The van der Waals surface area contributed by atoms with Gasteiger partial charge in [-0.2, -0.15) is 0 Å². The molecule has 0 radical (unpaired) electrons. The molecule has 2 aromatic carbocycles. The van der Waals surface area contributed by atoms with Crippen molar-refractivity contribution < 1.29 is 18.7 Å². The summed E-state index contributed by atoms with van der Waals surface area (Å²) in [6, 6.07) is 17.2. The maximum absolute atomic E-state index is 13.1. The van der Waals surface area contributed by atoms with Crippen LogP contribution in [0.3, 0.4) is 0 Å². The largest absolute Gasteiger partial charge is 0.467 e. The zero-order valence-electron chi connectivity index (χ0n) is 18.7. The van der Waals surface area contributed by atoms with E-state index in [0.29, 0.717) is 35.6 Å². The summed E-state index contributed by atoms with van der Waals surface area (Å²) in [7, 11) is 3.17. The molecular formula is C25H26N4O4. The van der Waals surface area contributed by atoms with Gasteiger partial charge in [-0.15, -0.1) is 0 Å². The summed E-state index contributed by atoms with van der Waals surface area (Å²) < 4.78 is 12.3. The highest BCUT2D eigenvalue weighted by Gasteiger charge is 2.19. The Hall–Kier alpha value is -3.91. The van der Waals surface area contributed by atoms with E-state index in [1.807, 2.05) is 28.8 Å². The maximum Gasteiger partial charge on any atom is 0.254 e. The second-order valence-electron chi connectivity index (χ2n) is 7.79. The van der Waals surface area contributed by atoms with Gasteiger partial charge in [-0.05, 0) is 36.2 Å².